The molecule has 0 spiro atoms. The monoisotopic (exact) mass is 385 g/mol. The Bertz CT molecular complexity index is 412. The SMILES string of the molecule is C#C.C#C.CC.CC.CC(C)C.O=CCC(NSO)c1ccccc1F. The Kier molecular flexibility index (Phi) is 46.9. The van der Waals surface area contributed by atoms with Crippen molar-refractivity contribution < 1.29 is 13.7 Å². The molecular weight excluding hydrogens is 349 g/mol. The molecule has 26 heavy (non-hydrogen) atoms. The molecule has 5 heteroatoms. The maximum absolute atomic E-state index is 13.2. The largest absolute Gasteiger partial charge is 0.317 e. The van der Waals surface area contributed by atoms with Crippen LogP contribution in [-0.4, -0.2) is 10.8 Å². The Morgan fingerprint density at radius 3 is 1.77 bits per heavy atom. The molecule has 0 saturated heterocycles. The number of carbonyl (C=O) groups is 1. The van der Waals surface area contributed by atoms with Gasteiger partial charge in [0.1, 0.15) is 12.1 Å². The van der Waals surface area contributed by atoms with E-state index < -0.39 is 6.04 Å². The molecule has 0 amide bonds. The van der Waals surface area contributed by atoms with Crippen molar-refractivity contribution in [2.24, 2.45) is 5.92 Å². The van der Waals surface area contributed by atoms with E-state index in [1.165, 1.54) is 6.07 Å². The fraction of sp³-hybridized carbons (Fsp3) is 0.476. The quantitative estimate of drug-likeness (QED) is 0.267. The van der Waals surface area contributed by atoms with Crippen molar-refractivity contribution in [1.29, 1.82) is 0 Å². The molecule has 0 radical (unpaired) electrons. The van der Waals surface area contributed by atoms with Crippen LogP contribution in [0.5, 0.6) is 0 Å². The Hall–Kier alpha value is -1.79. The van der Waals surface area contributed by atoms with Crippen molar-refractivity contribution >= 4 is 18.5 Å². The lowest BCUT2D eigenvalue weighted by atomic mass is 10.1. The molecular formula is C21H36FNO2S. The number of hydrogen-bond donors (Lipinski definition) is 2. The number of terminal acetylenes is 2. The zero-order valence-corrected chi connectivity index (χ0v) is 18.0. The zero-order valence-electron chi connectivity index (χ0n) is 17.2. The van der Waals surface area contributed by atoms with Crippen molar-refractivity contribution in [1.82, 2.24) is 4.72 Å². The Labute approximate surface area is 165 Å². The number of aldehydes is 1. The summed E-state index contributed by atoms with van der Waals surface area (Å²) in [6.07, 6.45) is 16.8. The van der Waals surface area contributed by atoms with Crippen molar-refractivity contribution in [3.05, 3.63) is 35.6 Å². The van der Waals surface area contributed by atoms with Gasteiger partial charge in [-0.05, 0) is 12.0 Å². The minimum atomic E-state index is -0.497. The van der Waals surface area contributed by atoms with Gasteiger partial charge in [0, 0.05) is 12.0 Å². The van der Waals surface area contributed by atoms with Gasteiger partial charge < -0.3 is 9.35 Å². The molecule has 1 atom stereocenters. The fourth-order valence-electron chi connectivity index (χ4n) is 1.16. The average Bonchev–Trinajstić information content (AvgIpc) is 2.68. The third-order valence-corrected chi connectivity index (χ3v) is 2.20. The van der Waals surface area contributed by atoms with Crippen LogP contribution in [0.2, 0.25) is 0 Å². The summed E-state index contributed by atoms with van der Waals surface area (Å²) in [6.45, 7) is 14.5. The van der Waals surface area contributed by atoms with Crippen LogP contribution in [0.3, 0.4) is 0 Å². The van der Waals surface area contributed by atoms with E-state index in [1.807, 2.05) is 27.7 Å². The second-order valence-corrected chi connectivity index (χ2v) is 4.84. The Morgan fingerprint density at radius 1 is 1.08 bits per heavy atom. The first-order valence-electron chi connectivity index (χ1n) is 8.43. The molecule has 3 nitrogen and oxygen atoms in total. The normalized spacial score (nSPS) is 8.69. The van der Waals surface area contributed by atoms with Gasteiger partial charge in [-0.2, -0.15) is 0 Å². The molecule has 0 heterocycles. The second kappa shape index (κ2) is 34.5. The molecule has 0 saturated carbocycles. The lowest BCUT2D eigenvalue weighted by Crippen LogP contribution is -2.15. The van der Waals surface area contributed by atoms with E-state index >= 15 is 0 Å². The van der Waals surface area contributed by atoms with Crippen LogP contribution in [0.1, 0.15) is 66.5 Å². The molecule has 0 aliphatic heterocycles. The van der Waals surface area contributed by atoms with Gasteiger partial charge in [0.25, 0.3) is 0 Å². The van der Waals surface area contributed by atoms with E-state index in [0.717, 1.165) is 5.92 Å². The molecule has 2 N–H and O–H groups in total. The zero-order chi connectivity index (χ0) is 22.0. The molecule has 1 rings (SSSR count). The molecule has 0 fully saturated rings. The minimum absolute atomic E-state index is 0.120. The molecule has 0 aromatic heterocycles. The first kappa shape index (κ1) is 35.3. The van der Waals surface area contributed by atoms with E-state index in [2.05, 4.69) is 51.2 Å². The van der Waals surface area contributed by atoms with E-state index in [1.54, 1.807) is 18.2 Å². The third kappa shape index (κ3) is 27.1. The van der Waals surface area contributed by atoms with Crippen LogP contribution in [0.15, 0.2) is 24.3 Å². The van der Waals surface area contributed by atoms with Gasteiger partial charge >= 0.3 is 0 Å². The van der Waals surface area contributed by atoms with Gasteiger partial charge in [-0.25, -0.2) is 9.11 Å². The summed E-state index contributed by atoms with van der Waals surface area (Å²) in [5.74, 6) is 0.445. The number of rotatable bonds is 5. The Morgan fingerprint density at radius 2 is 1.46 bits per heavy atom. The van der Waals surface area contributed by atoms with Gasteiger partial charge in [-0.1, -0.05) is 66.7 Å². The lowest BCUT2D eigenvalue weighted by molar-refractivity contribution is -0.108. The van der Waals surface area contributed by atoms with Crippen molar-refractivity contribution in [3.63, 3.8) is 0 Å². The summed E-state index contributed by atoms with van der Waals surface area (Å²) < 4.78 is 24.4. The topological polar surface area (TPSA) is 49.3 Å². The maximum Gasteiger partial charge on any atom is 0.128 e. The minimum Gasteiger partial charge on any atom is -0.317 e. The highest BCUT2D eigenvalue weighted by atomic mass is 32.2. The second-order valence-electron chi connectivity index (χ2n) is 4.42. The smallest absolute Gasteiger partial charge is 0.128 e. The van der Waals surface area contributed by atoms with Gasteiger partial charge in [-0.3, -0.25) is 0 Å². The summed E-state index contributed by atoms with van der Waals surface area (Å²) in [5, 5.41) is 0. The lowest BCUT2D eigenvalue weighted by Gasteiger charge is -2.14. The van der Waals surface area contributed by atoms with Crippen molar-refractivity contribution in [3.8, 4) is 25.7 Å². The van der Waals surface area contributed by atoms with Crippen LogP contribution in [0.4, 0.5) is 4.39 Å². The van der Waals surface area contributed by atoms with E-state index in [0.29, 0.717) is 24.1 Å². The molecule has 1 unspecified atom stereocenters. The average molecular weight is 386 g/mol. The number of benzene rings is 1. The highest BCUT2D eigenvalue weighted by molar-refractivity contribution is 7.91. The summed E-state index contributed by atoms with van der Waals surface area (Å²) in [4.78, 5) is 10.3. The van der Waals surface area contributed by atoms with Gasteiger partial charge in [0.2, 0.25) is 0 Å². The highest BCUT2D eigenvalue weighted by Gasteiger charge is 2.14. The maximum atomic E-state index is 13.2. The molecule has 1 aromatic carbocycles. The van der Waals surface area contributed by atoms with E-state index in [-0.39, 0.29) is 12.2 Å². The molecule has 0 aliphatic rings. The molecule has 1 aromatic rings. The highest BCUT2D eigenvalue weighted by Crippen LogP contribution is 2.20. The van der Waals surface area contributed by atoms with Gasteiger partial charge in [-0.15, -0.1) is 25.7 Å². The van der Waals surface area contributed by atoms with Crippen LogP contribution < -0.4 is 4.72 Å². The first-order chi connectivity index (χ1) is 12.5. The van der Waals surface area contributed by atoms with Crippen molar-refractivity contribution in [2.45, 2.75) is 60.9 Å². The standard InChI is InChI=1S/C9H10FNO2S.C4H10.2C2H6.2C2H2/c10-8-4-2-1-3-7(8)9(5-6-12)11-14-13;1-4(2)3;4*1-2/h1-4,6,9,11,13H,5H2;4H,1-3H3;2*1-2H3;2*1-2H. The number of halogens is 1. The predicted octanol–water partition coefficient (Wildman–Crippen LogP) is 6.38. The molecule has 0 aliphatic carbocycles. The molecule has 0 bridgehead atoms. The van der Waals surface area contributed by atoms with Gasteiger partial charge in [0.15, 0.2) is 0 Å². The van der Waals surface area contributed by atoms with E-state index in [4.69, 9.17) is 4.55 Å². The summed E-state index contributed by atoms with van der Waals surface area (Å²) >= 11 is 0.378. The number of hydrogen-bond acceptors (Lipinski definition) is 4. The Balaban J connectivity index is -0.000000103. The summed E-state index contributed by atoms with van der Waals surface area (Å²) in [7, 11) is 0. The van der Waals surface area contributed by atoms with Crippen LogP contribution in [0.25, 0.3) is 0 Å². The van der Waals surface area contributed by atoms with Gasteiger partial charge in [0.05, 0.1) is 18.3 Å². The number of nitrogens with one attached hydrogen (secondary N) is 1. The summed E-state index contributed by atoms with van der Waals surface area (Å²) in [5.41, 5.74) is 0.376. The molecule has 150 valence electrons. The summed E-state index contributed by atoms with van der Waals surface area (Å²) in [6, 6.07) is 5.65. The first-order valence-corrected chi connectivity index (χ1v) is 9.20. The van der Waals surface area contributed by atoms with Crippen LogP contribution in [0, 0.1) is 37.4 Å². The van der Waals surface area contributed by atoms with Crippen LogP contribution in [-0.2, 0) is 4.79 Å². The van der Waals surface area contributed by atoms with Crippen LogP contribution >= 0.6 is 12.2 Å². The van der Waals surface area contributed by atoms with Crippen molar-refractivity contribution in [2.75, 3.05) is 0 Å². The fourth-order valence-corrected chi connectivity index (χ4v) is 1.51. The number of carbonyl (C=O) groups excluding carboxylic acids is 1. The predicted molar refractivity (Wildman–Crippen MR) is 116 cm³/mol. The third-order valence-electron chi connectivity index (χ3n) is 1.81. The van der Waals surface area contributed by atoms with E-state index in [9.17, 15) is 9.18 Å².